The van der Waals surface area contributed by atoms with Crippen LogP contribution < -0.4 is 0 Å². The van der Waals surface area contributed by atoms with Gasteiger partial charge in [0.2, 0.25) is 5.78 Å². The van der Waals surface area contributed by atoms with Crippen LogP contribution in [0.3, 0.4) is 0 Å². The molecule has 1 aromatic carbocycles. The van der Waals surface area contributed by atoms with Gasteiger partial charge in [0, 0.05) is 23.5 Å². The fraction of sp³-hybridized carbons (Fsp3) is 0.333. The van der Waals surface area contributed by atoms with Crippen molar-refractivity contribution in [3.8, 4) is 0 Å². The zero-order valence-corrected chi connectivity index (χ0v) is 17.2. The largest absolute Gasteiger partial charge is 0.457 e. The van der Waals surface area contributed by atoms with E-state index >= 15 is 0 Å². The Morgan fingerprint density at radius 3 is 2.39 bits per heavy atom. The number of allylic oxidation sites excluding steroid dienone is 1. The Balaban J connectivity index is 1.92. The molecule has 0 unspecified atom stereocenters. The van der Waals surface area contributed by atoms with Crippen LogP contribution in [0.2, 0.25) is 0 Å². The van der Waals surface area contributed by atoms with E-state index in [1.165, 1.54) is 12.1 Å². The topological polar surface area (TPSA) is 82.4 Å². The van der Waals surface area contributed by atoms with Crippen LogP contribution in [0.1, 0.15) is 33.7 Å². The maximum Gasteiger partial charge on any atom is 0.307 e. The average Bonchev–Trinajstić information content (AvgIpc) is 2.93. The van der Waals surface area contributed by atoms with Crippen LogP contribution in [0, 0.1) is 20.8 Å². The maximum atomic E-state index is 12.4. The number of hydrogen-bond acceptors (Lipinski definition) is 5. The Bertz CT molecular complexity index is 985. The van der Waals surface area contributed by atoms with E-state index in [1.807, 2.05) is 25.3 Å². The molecule has 7 heteroatoms. The number of nitrogens with zero attached hydrogens (tertiary/aromatic N) is 1. The number of carbonyl (C=O) groups excluding carboxylic acids is 2. The van der Waals surface area contributed by atoms with Crippen LogP contribution in [0.4, 0.5) is 0 Å². The summed E-state index contributed by atoms with van der Waals surface area (Å²) in [6, 6.07) is 8.17. The second-order valence-corrected chi connectivity index (χ2v) is 8.76. The summed E-state index contributed by atoms with van der Waals surface area (Å²) >= 11 is 0. The summed E-state index contributed by atoms with van der Waals surface area (Å²) in [6.45, 7) is 9.43. The van der Waals surface area contributed by atoms with Gasteiger partial charge in [0.15, 0.2) is 16.4 Å². The molecule has 28 heavy (non-hydrogen) atoms. The van der Waals surface area contributed by atoms with E-state index < -0.39 is 22.4 Å². The fourth-order valence-corrected chi connectivity index (χ4v) is 4.09. The third kappa shape index (κ3) is 5.19. The van der Waals surface area contributed by atoms with Crippen molar-refractivity contribution in [2.24, 2.45) is 0 Å². The number of sulfone groups is 1. The van der Waals surface area contributed by atoms with Gasteiger partial charge in [-0.15, -0.1) is 6.58 Å². The quantitative estimate of drug-likeness (QED) is 0.365. The minimum absolute atomic E-state index is 0.164. The summed E-state index contributed by atoms with van der Waals surface area (Å²) in [5, 5.41) is 0. The highest BCUT2D eigenvalue weighted by Crippen LogP contribution is 2.16. The van der Waals surface area contributed by atoms with Crippen LogP contribution in [-0.4, -0.2) is 37.1 Å². The molecule has 0 amide bonds. The average molecular weight is 404 g/mol. The number of aromatic nitrogens is 1. The van der Waals surface area contributed by atoms with Crippen LogP contribution >= 0.6 is 0 Å². The predicted octanol–water partition coefficient (Wildman–Crippen LogP) is 3.19. The summed E-state index contributed by atoms with van der Waals surface area (Å²) in [5.74, 6) is -1.40. The molecule has 6 nitrogen and oxygen atoms in total. The Labute approximate surface area is 165 Å². The first-order valence-electron chi connectivity index (χ1n) is 8.91. The van der Waals surface area contributed by atoms with Gasteiger partial charge in [0.05, 0.1) is 17.1 Å². The molecule has 0 atom stereocenters. The second kappa shape index (κ2) is 9.01. The summed E-state index contributed by atoms with van der Waals surface area (Å²) in [7, 11) is -3.58. The van der Waals surface area contributed by atoms with Crippen molar-refractivity contribution >= 4 is 21.6 Å². The summed E-state index contributed by atoms with van der Waals surface area (Å²) < 4.78 is 31.5. The van der Waals surface area contributed by atoms with Crippen molar-refractivity contribution in [1.29, 1.82) is 0 Å². The molecule has 0 aliphatic carbocycles. The third-order valence-corrected chi connectivity index (χ3v) is 6.24. The van der Waals surface area contributed by atoms with E-state index in [4.69, 9.17) is 4.74 Å². The molecular formula is C21H25NO5S. The Morgan fingerprint density at radius 2 is 1.79 bits per heavy atom. The second-order valence-electron chi connectivity index (χ2n) is 6.65. The molecule has 0 fully saturated rings. The number of hydrogen-bond donors (Lipinski definition) is 0. The number of esters is 1. The minimum Gasteiger partial charge on any atom is -0.457 e. The van der Waals surface area contributed by atoms with Gasteiger partial charge < -0.3 is 9.30 Å². The highest BCUT2D eigenvalue weighted by molar-refractivity contribution is 7.91. The number of ketones is 1. The zero-order chi connectivity index (χ0) is 20.9. The van der Waals surface area contributed by atoms with Gasteiger partial charge in [0.1, 0.15) is 0 Å². The number of benzene rings is 1. The van der Waals surface area contributed by atoms with Crippen molar-refractivity contribution in [1.82, 2.24) is 4.57 Å². The van der Waals surface area contributed by atoms with Gasteiger partial charge in [-0.3, -0.25) is 9.59 Å². The van der Waals surface area contributed by atoms with Crippen molar-refractivity contribution in [3.05, 3.63) is 65.5 Å². The molecule has 0 bridgehead atoms. The molecule has 0 aliphatic heterocycles. The molecule has 2 aromatic rings. The Hall–Kier alpha value is -2.67. The first-order valence-corrected chi connectivity index (χ1v) is 10.6. The third-order valence-electron chi connectivity index (χ3n) is 4.50. The summed E-state index contributed by atoms with van der Waals surface area (Å²) in [6.07, 6.45) is 1.43. The van der Waals surface area contributed by atoms with E-state index in [2.05, 4.69) is 6.58 Å². The lowest BCUT2D eigenvalue weighted by molar-refractivity contribution is -0.142. The van der Waals surface area contributed by atoms with E-state index in [0.29, 0.717) is 12.1 Å². The van der Waals surface area contributed by atoms with E-state index in [1.54, 1.807) is 24.3 Å². The Kier molecular flexibility index (Phi) is 6.96. The molecule has 2 rings (SSSR count). The fourth-order valence-electron chi connectivity index (χ4n) is 2.87. The lowest BCUT2D eigenvalue weighted by Crippen LogP contribution is -2.18. The molecule has 0 saturated carbocycles. The SMILES string of the molecule is C=CCn1c(C)cc(C(=O)COC(=O)CCS(=O)(=O)c2ccc(C)cc2)c1C. The van der Waals surface area contributed by atoms with Crippen LogP contribution in [-0.2, 0) is 25.9 Å². The monoisotopic (exact) mass is 403 g/mol. The lowest BCUT2D eigenvalue weighted by atomic mass is 10.1. The molecule has 1 heterocycles. The van der Waals surface area contributed by atoms with E-state index in [-0.39, 0.29) is 22.9 Å². The smallest absolute Gasteiger partial charge is 0.307 e. The van der Waals surface area contributed by atoms with Crippen molar-refractivity contribution in [3.63, 3.8) is 0 Å². The van der Waals surface area contributed by atoms with Gasteiger partial charge in [-0.2, -0.15) is 0 Å². The molecule has 0 saturated heterocycles. The Morgan fingerprint density at radius 1 is 1.14 bits per heavy atom. The molecule has 150 valence electrons. The van der Waals surface area contributed by atoms with Gasteiger partial charge in [0.25, 0.3) is 0 Å². The normalized spacial score (nSPS) is 11.2. The molecule has 0 N–H and O–H groups in total. The van der Waals surface area contributed by atoms with Crippen LogP contribution in [0.5, 0.6) is 0 Å². The molecule has 0 spiro atoms. The molecule has 1 aromatic heterocycles. The van der Waals surface area contributed by atoms with Crippen LogP contribution in [0.25, 0.3) is 0 Å². The van der Waals surface area contributed by atoms with Gasteiger partial charge in [-0.25, -0.2) is 8.42 Å². The summed E-state index contributed by atoms with van der Waals surface area (Å²) in [4.78, 5) is 24.4. The van der Waals surface area contributed by atoms with Crippen molar-refractivity contribution in [2.75, 3.05) is 12.4 Å². The number of aryl methyl sites for hydroxylation is 2. The number of ether oxygens (including phenoxy) is 1. The zero-order valence-electron chi connectivity index (χ0n) is 16.4. The van der Waals surface area contributed by atoms with E-state index in [0.717, 1.165) is 17.0 Å². The van der Waals surface area contributed by atoms with Gasteiger partial charge in [-0.1, -0.05) is 23.8 Å². The summed E-state index contributed by atoms with van der Waals surface area (Å²) in [5.41, 5.74) is 3.13. The lowest BCUT2D eigenvalue weighted by Gasteiger charge is -2.07. The minimum atomic E-state index is -3.58. The van der Waals surface area contributed by atoms with Crippen LogP contribution in [0.15, 0.2) is 47.9 Å². The first-order chi connectivity index (χ1) is 13.2. The highest BCUT2D eigenvalue weighted by Gasteiger charge is 2.19. The maximum absolute atomic E-state index is 12.4. The number of carbonyl (C=O) groups is 2. The molecule has 0 aliphatic rings. The highest BCUT2D eigenvalue weighted by atomic mass is 32.2. The van der Waals surface area contributed by atoms with Gasteiger partial charge >= 0.3 is 5.97 Å². The molecule has 0 radical (unpaired) electrons. The standard InChI is InChI=1S/C21H25NO5S/c1-5-11-22-16(3)13-19(17(22)4)20(23)14-27-21(24)10-12-28(25,26)18-8-6-15(2)7-9-18/h5-9,13H,1,10-12,14H2,2-4H3. The van der Waals surface area contributed by atoms with Crippen molar-refractivity contribution in [2.45, 2.75) is 38.6 Å². The molecular weight excluding hydrogens is 378 g/mol. The number of rotatable bonds is 9. The predicted molar refractivity (Wildman–Crippen MR) is 107 cm³/mol. The first kappa shape index (κ1) is 21.6. The van der Waals surface area contributed by atoms with E-state index in [9.17, 15) is 18.0 Å². The van der Waals surface area contributed by atoms with Crippen molar-refractivity contribution < 1.29 is 22.7 Å². The number of Topliss-reactive ketones (excluding diaryl/α,β-unsaturated/α-hetero) is 1. The van der Waals surface area contributed by atoms with Gasteiger partial charge in [-0.05, 0) is 39.0 Å².